The molecule has 0 aliphatic carbocycles. The van der Waals surface area contributed by atoms with Crippen LogP contribution in [0.2, 0.25) is 0 Å². The number of nitrogens with zero attached hydrogens (tertiary/aromatic N) is 1. The summed E-state index contributed by atoms with van der Waals surface area (Å²) in [6.07, 6.45) is 0.269. The van der Waals surface area contributed by atoms with Gasteiger partial charge in [-0.2, -0.15) is 4.72 Å². The Morgan fingerprint density at radius 1 is 1.10 bits per heavy atom. The summed E-state index contributed by atoms with van der Waals surface area (Å²) in [5.74, 6) is -0.536. The molecular formula is C20H25N3O5S. The minimum absolute atomic E-state index is 0.0406. The van der Waals surface area contributed by atoms with E-state index in [2.05, 4.69) is 10.0 Å². The van der Waals surface area contributed by atoms with Crippen molar-refractivity contribution >= 4 is 27.3 Å². The molecule has 156 valence electrons. The van der Waals surface area contributed by atoms with Gasteiger partial charge in [-0.15, -0.1) is 0 Å². The van der Waals surface area contributed by atoms with Gasteiger partial charge in [0.15, 0.2) is 0 Å². The predicted molar refractivity (Wildman–Crippen MR) is 111 cm³/mol. The minimum atomic E-state index is -3.91. The second-order valence-corrected chi connectivity index (χ2v) is 9.08. The van der Waals surface area contributed by atoms with E-state index in [9.17, 15) is 23.3 Å². The summed E-state index contributed by atoms with van der Waals surface area (Å²) in [5.41, 5.74) is 1.49. The fourth-order valence-electron chi connectivity index (χ4n) is 2.77. The van der Waals surface area contributed by atoms with Gasteiger partial charge in [0, 0.05) is 17.3 Å². The Bertz CT molecular complexity index is 1000. The van der Waals surface area contributed by atoms with Crippen LogP contribution in [-0.4, -0.2) is 25.3 Å². The Hall–Kier alpha value is -2.78. The van der Waals surface area contributed by atoms with Crippen molar-refractivity contribution in [2.75, 3.05) is 5.32 Å². The van der Waals surface area contributed by atoms with Crippen molar-refractivity contribution < 1.29 is 18.1 Å². The quantitative estimate of drug-likeness (QED) is 0.501. The van der Waals surface area contributed by atoms with Crippen LogP contribution in [0.1, 0.15) is 31.4 Å². The lowest BCUT2D eigenvalue weighted by molar-refractivity contribution is -0.385. The van der Waals surface area contributed by atoms with E-state index in [4.69, 9.17) is 0 Å². The third-order valence-corrected chi connectivity index (χ3v) is 5.81. The summed E-state index contributed by atoms with van der Waals surface area (Å²) in [6.45, 7) is 7.19. The largest absolute Gasteiger partial charge is 0.324 e. The lowest BCUT2D eigenvalue weighted by Crippen LogP contribution is -2.44. The molecule has 29 heavy (non-hydrogen) atoms. The number of carbonyl (C=O) groups excluding carboxylic acids is 1. The number of benzene rings is 2. The molecule has 0 saturated carbocycles. The average molecular weight is 420 g/mol. The highest BCUT2D eigenvalue weighted by molar-refractivity contribution is 7.89. The van der Waals surface area contributed by atoms with Crippen molar-refractivity contribution in [2.24, 2.45) is 5.92 Å². The molecule has 1 atom stereocenters. The second-order valence-electron chi connectivity index (χ2n) is 7.36. The molecule has 2 aromatic rings. The number of nitro groups is 1. The summed E-state index contributed by atoms with van der Waals surface area (Å²) in [7, 11) is -3.91. The number of nitro benzene ring substituents is 1. The molecular weight excluding hydrogens is 394 g/mol. The van der Waals surface area contributed by atoms with Crippen LogP contribution in [0, 0.1) is 29.9 Å². The maximum absolute atomic E-state index is 12.8. The van der Waals surface area contributed by atoms with Crippen LogP contribution < -0.4 is 10.0 Å². The van der Waals surface area contributed by atoms with Gasteiger partial charge in [-0.1, -0.05) is 37.6 Å². The smallest absolute Gasteiger partial charge is 0.274 e. The Morgan fingerprint density at radius 3 is 2.28 bits per heavy atom. The third-order valence-electron chi connectivity index (χ3n) is 4.33. The van der Waals surface area contributed by atoms with Gasteiger partial charge >= 0.3 is 0 Å². The molecule has 0 aromatic heterocycles. The van der Waals surface area contributed by atoms with Crippen LogP contribution in [0.3, 0.4) is 0 Å². The number of sulfonamides is 1. The SMILES string of the molecule is Cc1ccc(S(=O)(=O)NC(CC(C)C)C(=O)Nc2ccc(C)c([N+](=O)[O-])c2)cc1. The van der Waals surface area contributed by atoms with Crippen molar-refractivity contribution in [3.05, 3.63) is 63.7 Å². The lowest BCUT2D eigenvalue weighted by atomic mass is 10.0. The molecule has 0 radical (unpaired) electrons. The van der Waals surface area contributed by atoms with E-state index in [1.54, 1.807) is 25.1 Å². The third kappa shape index (κ3) is 6.10. The van der Waals surface area contributed by atoms with Crippen molar-refractivity contribution in [2.45, 2.75) is 45.1 Å². The number of hydrogen-bond donors (Lipinski definition) is 2. The van der Waals surface area contributed by atoms with Gasteiger partial charge in [0.2, 0.25) is 15.9 Å². The summed E-state index contributed by atoms with van der Waals surface area (Å²) in [5, 5.41) is 13.7. The first-order valence-corrected chi connectivity index (χ1v) is 10.6. The molecule has 0 fully saturated rings. The topological polar surface area (TPSA) is 118 Å². The maximum atomic E-state index is 12.8. The number of anilines is 1. The Kier molecular flexibility index (Phi) is 7.10. The van der Waals surface area contributed by atoms with Gasteiger partial charge in [0.05, 0.1) is 9.82 Å². The van der Waals surface area contributed by atoms with E-state index in [1.165, 1.54) is 24.3 Å². The van der Waals surface area contributed by atoms with Crippen LogP contribution in [-0.2, 0) is 14.8 Å². The molecule has 0 bridgehead atoms. The maximum Gasteiger partial charge on any atom is 0.274 e. The summed E-state index contributed by atoms with van der Waals surface area (Å²) in [6, 6.07) is 9.62. The fraction of sp³-hybridized carbons (Fsp3) is 0.350. The van der Waals surface area contributed by atoms with E-state index < -0.39 is 26.9 Å². The number of aryl methyl sites for hydroxylation is 2. The minimum Gasteiger partial charge on any atom is -0.324 e. The first-order chi connectivity index (χ1) is 13.5. The van der Waals surface area contributed by atoms with E-state index in [-0.39, 0.29) is 28.6 Å². The van der Waals surface area contributed by atoms with Crippen LogP contribution in [0.15, 0.2) is 47.4 Å². The normalized spacial score (nSPS) is 12.6. The zero-order valence-electron chi connectivity index (χ0n) is 16.8. The van der Waals surface area contributed by atoms with Gasteiger partial charge in [0.25, 0.3) is 5.69 Å². The van der Waals surface area contributed by atoms with Crippen molar-refractivity contribution in [3.8, 4) is 0 Å². The Labute approximate surface area is 170 Å². The van der Waals surface area contributed by atoms with E-state index >= 15 is 0 Å². The predicted octanol–water partition coefficient (Wildman–Crippen LogP) is 3.54. The van der Waals surface area contributed by atoms with E-state index in [0.29, 0.717) is 5.56 Å². The lowest BCUT2D eigenvalue weighted by Gasteiger charge is -2.20. The molecule has 0 saturated heterocycles. The summed E-state index contributed by atoms with van der Waals surface area (Å²) >= 11 is 0. The highest BCUT2D eigenvalue weighted by Gasteiger charge is 2.27. The highest BCUT2D eigenvalue weighted by atomic mass is 32.2. The molecule has 2 N–H and O–H groups in total. The number of nitrogens with one attached hydrogen (secondary N) is 2. The molecule has 2 rings (SSSR count). The summed E-state index contributed by atoms with van der Waals surface area (Å²) in [4.78, 5) is 23.4. The van der Waals surface area contributed by atoms with Gasteiger partial charge in [-0.25, -0.2) is 8.42 Å². The van der Waals surface area contributed by atoms with Crippen molar-refractivity contribution in [1.29, 1.82) is 0 Å². The molecule has 1 amide bonds. The average Bonchev–Trinajstić information content (AvgIpc) is 2.62. The van der Waals surface area contributed by atoms with Crippen LogP contribution >= 0.6 is 0 Å². The zero-order chi connectivity index (χ0) is 21.8. The van der Waals surface area contributed by atoms with E-state index in [0.717, 1.165) is 5.56 Å². The number of amides is 1. The monoisotopic (exact) mass is 419 g/mol. The Balaban J connectivity index is 2.25. The van der Waals surface area contributed by atoms with Gasteiger partial charge in [-0.3, -0.25) is 14.9 Å². The van der Waals surface area contributed by atoms with E-state index in [1.807, 2.05) is 20.8 Å². The van der Waals surface area contributed by atoms with Crippen molar-refractivity contribution in [3.63, 3.8) is 0 Å². The molecule has 1 unspecified atom stereocenters. The fourth-order valence-corrected chi connectivity index (χ4v) is 3.97. The zero-order valence-corrected chi connectivity index (χ0v) is 17.6. The molecule has 9 heteroatoms. The summed E-state index contributed by atoms with van der Waals surface area (Å²) < 4.78 is 27.9. The molecule has 0 spiro atoms. The van der Waals surface area contributed by atoms with Crippen LogP contribution in [0.25, 0.3) is 0 Å². The molecule has 2 aromatic carbocycles. The molecule has 0 aliphatic heterocycles. The first kappa shape index (κ1) is 22.5. The first-order valence-electron chi connectivity index (χ1n) is 9.14. The molecule has 0 heterocycles. The molecule has 0 aliphatic rings. The van der Waals surface area contributed by atoms with Gasteiger partial charge in [-0.05, 0) is 44.4 Å². The second kappa shape index (κ2) is 9.15. The number of carbonyl (C=O) groups is 1. The number of hydrogen-bond acceptors (Lipinski definition) is 5. The standard InChI is InChI=1S/C20H25N3O5S/c1-13(2)11-18(22-29(27,28)17-9-5-14(3)6-10-17)20(24)21-16-8-7-15(4)19(12-16)23(25)26/h5-10,12-13,18,22H,11H2,1-4H3,(H,21,24). The molecule has 8 nitrogen and oxygen atoms in total. The highest BCUT2D eigenvalue weighted by Crippen LogP contribution is 2.23. The van der Waals surface area contributed by atoms with Crippen molar-refractivity contribution in [1.82, 2.24) is 4.72 Å². The van der Waals surface area contributed by atoms with Crippen LogP contribution in [0.5, 0.6) is 0 Å². The van der Waals surface area contributed by atoms with Gasteiger partial charge < -0.3 is 5.32 Å². The number of rotatable bonds is 8. The Morgan fingerprint density at radius 2 is 1.72 bits per heavy atom. The van der Waals surface area contributed by atoms with Crippen LogP contribution in [0.4, 0.5) is 11.4 Å². The van der Waals surface area contributed by atoms with Gasteiger partial charge in [0.1, 0.15) is 6.04 Å².